The Morgan fingerprint density at radius 2 is 1.93 bits per heavy atom. The summed E-state index contributed by atoms with van der Waals surface area (Å²) >= 11 is 0. The van der Waals surface area contributed by atoms with Crippen LogP contribution in [0.25, 0.3) is 6.08 Å². The Labute approximate surface area is 164 Å². The molecule has 1 saturated heterocycles. The number of carbonyl (C=O) groups excluding carboxylic acids is 2. The molecule has 2 rings (SSSR count). The first-order valence-electron chi connectivity index (χ1n) is 8.56. The summed E-state index contributed by atoms with van der Waals surface area (Å²) in [6.07, 6.45) is 2.55. The van der Waals surface area contributed by atoms with E-state index in [9.17, 15) is 18.0 Å². The maximum atomic E-state index is 12.4. The maximum Gasteiger partial charge on any atom is 0.331 e. The predicted molar refractivity (Wildman–Crippen MR) is 101 cm³/mol. The Balaban J connectivity index is 2.03. The number of ether oxygens (including phenoxy) is 3. The first-order valence-corrected chi connectivity index (χ1v) is 10.0. The second kappa shape index (κ2) is 9.67. The maximum absolute atomic E-state index is 12.4. The summed E-state index contributed by atoms with van der Waals surface area (Å²) in [7, 11) is 0.494. The topological polar surface area (TPSA) is 102 Å². The summed E-state index contributed by atoms with van der Waals surface area (Å²) in [5.41, 5.74) is 0.470. The van der Waals surface area contributed by atoms with Crippen molar-refractivity contribution in [1.29, 1.82) is 0 Å². The van der Waals surface area contributed by atoms with Gasteiger partial charge in [-0.15, -0.1) is 0 Å². The summed E-state index contributed by atoms with van der Waals surface area (Å²) in [5.74, 6) is -0.784. The standard InChI is InChI=1S/C18H24N2O7S/c1-19(2)28(23,24)16-12-14(4-6-15(16)25-3)5-7-18(22)27-13-17(21)20-8-10-26-11-9-20/h4-7,12H,8-11,13H2,1-3H3/b7-5+. The zero-order chi connectivity index (χ0) is 20.7. The van der Waals surface area contributed by atoms with Gasteiger partial charge in [0.25, 0.3) is 5.91 Å². The van der Waals surface area contributed by atoms with Crippen LogP contribution in [0.3, 0.4) is 0 Å². The minimum atomic E-state index is -3.72. The van der Waals surface area contributed by atoms with Gasteiger partial charge >= 0.3 is 5.97 Å². The van der Waals surface area contributed by atoms with Crippen molar-refractivity contribution in [2.24, 2.45) is 0 Å². The molecule has 0 spiro atoms. The molecule has 0 unspecified atom stereocenters. The number of carbonyl (C=O) groups is 2. The minimum Gasteiger partial charge on any atom is -0.495 e. The van der Waals surface area contributed by atoms with Gasteiger partial charge in [-0.2, -0.15) is 0 Å². The van der Waals surface area contributed by atoms with Crippen molar-refractivity contribution in [3.63, 3.8) is 0 Å². The van der Waals surface area contributed by atoms with Gasteiger partial charge in [-0.1, -0.05) is 6.07 Å². The Morgan fingerprint density at radius 1 is 1.25 bits per heavy atom. The molecule has 28 heavy (non-hydrogen) atoms. The van der Waals surface area contributed by atoms with Crippen LogP contribution in [-0.4, -0.2) is 83.6 Å². The van der Waals surface area contributed by atoms with Gasteiger partial charge in [-0.25, -0.2) is 17.5 Å². The Bertz CT molecular complexity index is 843. The molecule has 1 fully saturated rings. The average Bonchev–Trinajstić information content (AvgIpc) is 2.70. The molecule has 0 aliphatic carbocycles. The second-order valence-electron chi connectivity index (χ2n) is 6.13. The van der Waals surface area contributed by atoms with Crippen LogP contribution in [0.1, 0.15) is 5.56 Å². The van der Waals surface area contributed by atoms with E-state index in [2.05, 4.69) is 0 Å². The van der Waals surface area contributed by atoms with Crippen molar-refractivity contribution in [1.82, 2.24) is 9.21 Å². The SMILES string of the molecule is COc1ccc(/C=C/C(=O)OCC(=O)N2CCOCC2)cc1S(=O)(=O)N(C)C. The van der Waals surface area contributed by atoms with Gasteiger partial charge in [0.1, 0.15) is 10.6 Å². The van der Waals surface area contributed by atoms with Crippen LogP contribution in [0.4, 0.5) is 0 Å². The van der Waals surface area contributed by atoms with Crippen molar-refractivity contribution in [2.75, 3.05) is 54.1 Å². The number of hydrogen-bond donors (Lipinski definition) is 0. The highest BCUT2D eigenvalue weighted by Crippen LogP contribution is 2.27. The molecule has 1 amide bonds. The van der Waals surface area contributed by atoms with Gasteiger partial charge in [-0.3, -0.25) is 4.79 Å². The largest absolute Gasteiger partial charge is 0.495 e. The Hall–Kier alpha value is -2.43. The molecule has 1 aliphatic rings. The first kappa shape index (κ1) is 21.9. The van der Waals surface area contributed by atoms with E-state index < -0.39 is 16.0 Å². The number of esters is 1. The van der Waals surface area contributed by atoms with Crippen LogP contribution in [0.15, 0.2) is 29.2 Å². The second-order valence-corrected chi connectivity index (χ2v) is 8.25. The number of hydrogen-bond acceptors (Lipinski definition) is 7. The molecule has 0 saturated carbocycles. The van der Waals surface area contributed by atoms with Crippen molar-refractivity contribution in [3.8, 4) is 5.75 Å². The number of benzene rings is 1. The number of rotatable bonds is 7. The summed E-state index contributed by atoms with van der Waals surface area (Å²) in [4.78, 5) is 25.4. The molecular weight excluding hydrogens is 388 g/mol. The van der Waals surface area contributed by atoms with Crippen LogP contribution in [0, 0.1) is 0 Å². The van der Waals surface area contributed by atoms with Crippen LogP contribution < -0.4 is 4.74 Å². The number of morpholine rings is 1. The lowest BCUT2D eigenvalue weighted by Crippen LogP contribution is -2.42. The monoisotopic (exact) mass is 412 g/mol. The lowest BCUT2D eigenvalue weighted by Gasteiger charge is -2.26. The summed E-state index contributed by atoms with van der Waals surface area (Å²) in [5, 5.41) is 0. The van der Waals surface area contributed by atoms with E-state index in [0.29, 0.717) is 31.9 Å². The van der Waals surface area contributed by atoms with Crippen molar-refractivity contribution >= 4 is 28.0 Å². The van der Waals surface area contributed by atoms with E-state index in [4.69, 9.17) is 14.2 Å². The fraction of sp³-hybridized carbons (Fsp3) is 0.444. The molecule has 1 heterocycles. The molecule has 1 aliphatic heterocycles. The molecule has 0 N–H and O–H groups in total. The van der Waals surface area contributed by atoms with Crippen molar-refractivity contribution in [3.05, 3.63) is 29.8 Å². The number of amides is 1. The van der Waals surface area contributed by atoms with Gasteiger partial charge in [0.2, 0.25) is 10.0 Å². The molecule has 0 aromatic heterocycles. The molecule has 10 heteroatoms. The number of methoxy groups -OCH3 is 1. The smallest absolute Gasteiger partial charge is 0.331 e. The van der Waals surface area contributed by atoms with Crippen LogP contribution in [-0.2, 0) is 29.1 Å². The molecule has 9 nitrogen and oxygen atoms in total. The quantitative estimate of drug-likeness (QED) is 0.471. The fourth-order valence-electron chi connectivity index (χ4n) is 2.44. The zero-order valence-corrected chi connectivity index (χ0v) is 16.9. The van der Waals surface area contributed by atoms with Gasteiger partial charge < -0.3 is 19.1 Å². The third-order valence-electron chi connectivity index (χ3n) is 4.06. The Kier molecular flexibility index (Phi) is 7.55. The van der Waals surface area contributed by atoms with E-state index in [1.54, 1.807) is 11.0 Å². The van der Waals surface area contributed by atoms with Gasteiger partial charge in [0.05, 0.1) is 20.3 Å². The average molecular weight is 412 g/mol. The minimum absolute atomic E-state index is 0.0157. The number of nitrogens with zero attached hydrogens (tertiary/aromatic N) is 2. The van der Waals surface area contributed by atoms with Crippen LogP contribution in [0.2, 0.25) is 0 Å². The lowest BCUT2D eigenvalue weighted by atomic mass is 10.2. The molecule has 1 aromatic rings. The van der Waals surface area contributed by atoms with E-state index in [1.165, 1.54) is 39.4 Å². The van der Waals surface area contributed by atoms with Gasteiger partial charge in [-0.05, 0) is 23.8 Å². The molecule has 1 aromatic carbocycles. The van der Waals surface area contributed by atoms with Gasteiger partial charge in [0, 0.05) is 33.3 Å². The van der Waals surface area contributed by atoms with Crippen molar-refractivity contribution in [2.45, 2.75) is 4.90 Å². The highest BCUT2D eigenvalue weighted by molar-refractivity contribution is 7.89. The van der Waals surface area contributed by atoms with E-state index in [0.717, 1.165) is 10.4 Å². The summed E-state index contributed by atoms with van der Waals surface area (Å²) in [6, 6.07) is 4.51. The van der Waals surface area contributed by atoms with Crippen molar-refractivity contribution < 1.29 is 32.2 Å². The molecule has 0 atom stereocenters. The number of sulfonamides is 1. The lowest BCUT2D eigenvalue weighted by molar-refractivity contribution is -0.150. The molecule has 0 bridgehead atoms. The molecular formula is C18H24N2O7S. The zero-order valence-electron chi connectivity index (χ0n) is 16.1. The summed E-state index contributed by atoms with van der Waals surface area (Å²) < 4.78 is 41.1. The van der Waals surface area contributed by atoms with E-state index in [1.807, 2.05) is 0 Å². The summed E-state index contributed by atoms with van der Waals surface area (Å²) in [6.45, 7) is 1.53. The predicted octanol–water partition coefficient (Wildman–Crippen LogP) is 0.361. The third kappa shape index (κ3) is 5.54. The third-order valence-corrected chi connectivity index (χ3v) is 5.90. The first-order chi connectivity index (χ1) is 13.3. The highest BCUT2D eigenvalue weighted by Gasteiger charge is 2.22. The van der Waals surface area contributed by atoms with E-state index in [-0.39, 0.29) is 23.2 Å². The van der Waals surface area contributed by atoms with E-state index >= 15 is 0 Å². The van der Waals surface area contributed by atoms with Crippen LogP contribution >= 0.6 is 0 Å². The highest BCUT2D eigenvalue weighted by atomic mass is 32.2. The van der Waals surface area contributed by atoms with Crippen LogP contribution in [0.5, 0.6) is 5.75 Å². The van der Waals surface area contributed by atoms with Gasteiger partial charge in [0.15, 0.2) is 6.61 Å². The molecule has 154 valence electrons. The normalized spacial score (nSPS) is 15.1. The molecule has 0 radical (unpaired) electrons. The Morgan fingerprint density at radius 3 is 2.54 bits per heavy atom. The fourth-order valence-corrected chi connectivity index (χ4v) is 3.53.